The number of hydrogen-bond donors (Lipinski definition) is 4. The van der Waals surface area contributed by atoms with Crippen LogP contribution in [0, 0.1) is 19.3 Å². The average Bonchev–Trinajstić information content (AvgIpc) is 1.61. The summed E-state index contributed by atoms with van der Waals surface area (Å²) in [6.07, 6.45) is 47.6. The summed E-state index contributed by atoms with van der Waals surface area (Å²) in [6, 6.07) is 48.8. The van der Waals surface area contributed by atoms with Gasteiger partial charge in [0.05, 0.1) is 22.8 Å². The average molecular weight is 1380 g/mol. The van der Waals surface area contributed by atoms with E-state index in [2.05, 4.69) is 265 Å². The molecule has 0 fully saturated rings. The number of aromatic amines is 2. The van der Waals surface area contributed by atoms with Crippen LogP contribution in [-0.2, 0) is 14.4 Å². The van der Waals surface area contributed by atoms with E-state index in [1.54, 1.807) is 0 Å². The van der Waals surface area contributed by atoms with E-state index in [1.807, 2.05) is 72.8 Å². The number of nitrogens with one attached hydrogen (secondary N) is 4. The molecule has 2 aliphatic carbocycles. The first-order chi connectivity index (χ1) is 50.8. The molecule has 8 aromatic rings. The van der Waals surface area contributed by atoms with E-state index in [0.29, 0.717) is 41.8 Å². The number of allylic oxidation sites excluding steroid dienone is 23. The van der Waals surface area contributed by atoms with Gasteiger partial charge in [0.2, 0.25) is 5.91 Å². The Morgan fingerprint density at radius 3 is 1.37 bits per heavy atom. The summed E-state index contributed by atoms with van der Waals surface area (Å²) in [6.45, 7) is 19.6. The molecule has 524 valence electrons. The van der Waals surface area contributed by atoms with E-state index in [4.69, 9.17) is 9.97 Å². The smallest absolute Gasteiger partial charge is 0.255 e. The molecule has 10 nitrogen and oxygen atoms in total. The zero-order valence-electron chi connectivity index (χ0n) is 61.5. The van der Waals surface area contributed by atoms with Crippen LogP contribution < -0.4 is 10.6 Å². The third kappa shape index (κ3) is 18.6. The summed E-state index contributed by atoms with van der Waals surface area (Å²) in [5.41, 5.74) is 27.3. The van der Waals surface area contributed by atoms with Crippen LogP contribution >= 0.6 is 0 Å². The summed E-state index contributed by atoms with van der Waals surface area (Å²) in [5.74, 6) is -0.693. The minimum Gasteiger partial charge on any atom is -0.354 e. The predicted octanol–water partition coefficient (Wildman–Crippen LogP) is 23.9. The Kier molecular flexibility index (Phi) is 23.1. The lowest BCUT2D eigenvalue weighted by Crippen LogP contribution is -2.19. The first-order valence-corrected chi connectivity index (χ1v) is 36.2. The van der Waals surface area contributed by atoms with Crippen LogP contribution in [0.15, 0.2) is 282 Å². The van der Waals surface area contributed by atoms with Gasteiger partial charge < -0.3 is 20.6 Å². The lowest BCUT2D eigenvalue weighted by atomic mass is 9.72. The minimum absolute atomic E-state index is 0.136. The zero-order valence-corrected chi connectivity index (χ0v) is 61.5. The molecular weight excluding hydrogens is 1290 g/mol. The fourth-order valence-electron chi connectivity index (χ4n) is 13.6. The van der Waals surface area contributed by atoms with E-state index in [0.717, 1.165) is 117 Å². The number of carbonyl (C=O) groups excluding carboxylic acids is 4. The Hall–Kier alpha value is -12.1. The Bertz CT molecular complexity index is 5280. The monoisotopic (exact) mass is 1380 g/mol. The number of fused-ring (bicyclic) bond motifs is 8. The lowest BCUT2D eigenvalue weighted by molar-refractivity contribution is -0.116. The molecule has 8 bridgehead atoms. The van der Waals surface area contributed by atoms with Gasteiger partial charge in [-0.1, -0.05) is 223 Å². The van der Waals surface area contributed by atoms with E-state index >= 15 is 0 Å². The highest BCUT2D eigenvalue weighted by molar-refractivity contribution is 6.17. The molecule has 5 aromatic carbocycles. The quantitative estimate of drug-likeness (QED) is 0.0302. The van der Waals surface area contributed by atoms with Crippen LogP contribution in [0.25, 0.3) is 97.0 Å². The first-order valence-electron chi connectivity index (χ1n) is 36.2. The van der Waals surface area contributed by atoms with Crippen molar-refractivity contribution >= 4 is 87.2 Å². The summed E-state index contributed by atoms with van der Waals surface area (Å²) < 4.78 is 0. The normalized spacial score (nSPS) is 15.1. The number of unbranched alkanes of at least 4 members (excludes halogenated alkanes) is 1. The second kappa shape index (κ2) is 33.3. The number of benzene rings is 5. The zero-order chi connectivity index (χ0) is 73.6. The standard InChI is InChI=1S/C95H90N6O4/c1-62(17-10-11-18-63(2)20-15-22-65(4)31-50-79-68(7)23-16-60-95(79,8)9)19-14-21-64(3)26-32-69-33-39-74(40-34-69)94(105)97-77-47-43-73(44-48-77)93-86-57-53-82(100-86)90(70-35-27-66(5)28-36-70)80-51-55-84(98-80)92(85-56-52-81(99-85)91(83-54-58-87(93)101-83)71-37-29-67(6)30-38-71)72-41-45-76(46-42-72)96-89(104)25-13-12-24-75-61-78(102)49-59-88(75)103/h10-11,14-15,17-22,26-59,61,98,101H,12-13,16,23-25,60H2,1-9H3,(H,96,104)(H,97,105)/b11-10+,19-14+,20-15+,32-26+,50-31+,62-17+,63-18+,64-21+,65-22+,90-80?,90-82?,91-81?,91-83?,92-84?,92-85?,93-86?,93-87?. The van der Waals surface area contributed by atoms with Gasteiger partial charge in [-0.15, -0.1) is 0 Å². The maximum absolute atomic E-state index is 13.9. The van der Waals surface area contributed by atoms with Gasteiger partial charge in [0.25, 0.3) is 5.91 Å². The maximum atomic E-state index is 13.9. The Labute approximate surface area is 617 Å². The van der Waals surface area contributed by atoms with Gasteiger partial charge in [-0.3, -0.25) is 19.2 Å². The summed E-state index contributed by atoms with van der Waals surface area (Å²) >= 11 is 0. The Balaban J connectivity index is 0.768. The number of aryl methyl sites for hydroxylation is 2. The number of nitrogens with zero attached hydrogens (tertiary/aromatic N) is 2. The van der Waals surface area contributed by atoms with Crippen molar-refractivity contribution in [1.82, 2.24) is 19.9 Å². The molecule has 3 aromatic heterocycles. The number of carbonyl (C=O) groups is 4. The largest absolute Gasteiger partial charge is 0.354 e. The fourth-order valence-corrected chi connectivity index (χ4v) is 13.6. The van der Waals surface area contributed by atoms with Crippen LogP contribution in [0.1, 0.15) is 143 Å². The molecular formula is C95H90N6O4. The first kappa shape index (κ1) is 72.6. The van der Waals surface area contributed by atoms with E-state index < -0.39 is 0 Å². The van der Waals surface area contributed by atoms with Crippen molar-refractivity contribution in [1.29, 1.82) is 0 Å². The summed E-state index contributed by atoms with van der Waals surface area (Å²) in [7, 11) is 0. The molecule has 2 amide bonds. The van der Waals surface area contributed by atoms with Gasteiger partial charge in [0.15, 0.2) is 11.6 Å². The lowest BCUT2D eigenvalue weighted by Gasteiger charge is -2.32. The fraction of sp³-hybridized carbons (Fsp3) is 0.179. The van der Waals surface area contributed by atoms with Crippen molar-refractivity contribution in [3.05, 3.63) is 327 Å². The molecule has 12 rings (SSSR count). The van der Waals surface area contributed by atoms with Crippen molar-refractivity contribution in [3.63, 3.8) is 0 Å². The third-order valence-corrected chi connectivity index (χ3v) is 19.5. The molecule has 5 heterocycles. The van der Waals surface area contributed by atoms with Crippen LogP contribution in [0.4, 0.5) is 11.4 Å². The summed E-state index contributed by atoms with van der Waals surface area (Å²) in [5, 5.41) is 6.19. The van der Waals surface area contributed by atoms with E-state index in [1.165, 1.54) is 59.8 Å². The highest BCUT2D eigenvalue weighted by atomic mass is 16.2. The highest BCUT2D eigenvalue weighted by Gasteiger charge is 2.27. The van der Waals surface area contributed by atoms with Crippen molar-refractivity contribution in [2.45, 2.75) is 107 Å². The summed E-state index contributed by atoms with van der Waals surface area (Å²) in [4.78, 5) is 69.9. The number of amides is 2. The molecule has 0 unspecified atom stereocenters. The van der Waals surface area contributed by atoms with Crippen LogP contribution in [0.2, 0.25) is 0 Å². The molecule has 4 aliphatic rings. The molecule has 0 spiro atoms. The number of aromatic nitrogens is 4. The van der Waals surface area contributed by atoms with Crippen molar-refractivity contribution in [2.24, 2.45) is 5.41 Å². The maximum Gasteiger partial charge on any atom is 0.255 e. The van der Waals surface area contributed by atoms with Gasteiger partial charge in [0, 0.05) is 73.3 Å². The molecule has 0 saturated carbocycles. The van der Waals surface area contributed by atoms with Crippen LogP contribution in [0.3, 0.4) is 0 Å². The van der Waals surface area contributed by atoms with Gasteiger partial charge >= 0.3 is 0 Å². The molecule has 105 heavy (non-hydrogen) atoms. The number of H-pyrrole nitrogens is 2. The topological polar surface area (TPSA) is 150 Å². The van der Waals surface area contributed by atoms with Crippen molar-refractivity contribution in [3.8, 4) is 44.5 Å². The Morgan fingerprint density at radius 1 is 0.476 bits per heavy atom. The molecule has 4 N–H and O–H groups in total. The minimum atomic E-state index is -0.214. The number of rotatable bonds is 22. The second-order valence-corrected chi connectivity index (χ2v) is 28.3. The molecule has 0 radical (unpaired) electrons. The van der Waals surface area contributed by atoms with E-state index in [9.17, 15) is 19.2 Å². The molecule has 2 aliphatic heterocycles. The van der Waals surface area contributed by atoms with Gasteiger partial charge in [-0.2, -0.15) is 0 Å². The van der Waals surface area contributed by atoms with Gasteiger partial charge in [0.1, 0.15) is 0 Å². The van der Waals surface area contributed by atoms with E-state index in [-0.39, 0.29) is 35.2 Å². The van der Waals surface area contributed by atoms with Gasteiger partial charge in [-0.05, 0) is 229 Å². The molecule has 0 saturated heterocycles. The Morgan fingerprint density at radius 2 is 0.905 bits per heavy atom. The predicted molar refractivity (Wildman–Crippen MR) is 440 cm³/mol. The van der Waals surface area contributed by atoms with Crippen molar-refractivity contribution < 1.29 is 19.2 Å². The van der Waals surface area contributed by atoms with Crippen molar-refractivity contribution in [2.75, 3.05) is 10.6 Å². The second-order valence-electron chi connectivity index (χ2n) is 28.3. The highest BCUT2D eigenvalue weighted by Crippen LogP contribution is 2.42. The van der Waals surface area contributed by atoms with Crippen LogP contribution in [0.5, 0.6) is 0 Å². The third-order valence-electron chi connectivity index (χ3n) is 19.5. The molecule has 0 atom stereocenters. The SMILES string of the molecule is CC1=C(/C=C/C(C)=C/C=C/C(C)=C/C=C/C=C(C)/C=C/C=C(C)/C=C/c2ccc(C(=O)Nc3ccc(-c4c5nc(c(-c6ccc(C)cc6)c6ccc([nH]6)c(-c6ccc(NC(=O)CCCCC7=CC(=O)C=CC7=O)cc6)c6nc(c(-c7ccc(C)cc7)c7ccc4[nH]7)C=C6)C=C5)cc3)cc2)C(C)(C)CCC1. The van der Waals surface area contributed by atoms with Crippen LogP contribution in [-0.4, -0.2) is 43.3 Å². The number of hydrogen-bond acceptors (Lipinski definition) is 6. The molecule has 10 heteroatoms. The number of ketones is 2. The number of anilines is 2. The van der Waals surface area contributed by atoms with Gasteiger partial charge in [-0.25, -0.2) is 9.97 Å².